The third-order valence-corrected chi connectivity index (χ3v) is 3.58. The maximum absolute atomic E-state index is 13.2. The Morgan fingerprint density at radius 3 is 2.54 bits per heavy atom. The van der Waals surface area contributed by atoms with Crippen LogP contribution in [0.3, 0.4) is 0 Å². The van der Waals surface area contributed by atoms with Gasteiger partial charge in [0.05, 0.1) is 13.2 Å². The van der Waals surface area contributed by atoms with Gasteiger partial charge in [-0.05, 0) is 30.3 Å². The molecular weight excluding hydrogens is 313 g/mol. The number of morpholine rings is 1. The molecule has 1 aromatic heterocycles. The van der Waals surface area contributed by atoms with E-state index < -0.39 is 11.7 Å². The molecule has 2 heterocycles. The van der Waals surface area contributed by atoms with Gasteiger partial charge in [-0.3, -0.25) is 9.59 Å². The van der Waals surface area contributed by atoms with Crippen LogP contribution in [0, 0.1) is 5.82 Å². The van der Waals surface area contributed by atoms with Crippen molar-refractivity contribution in [3.63, 3.8) is 0 Å². The molecule has 0 radical (unpaired) electrons. The molecule has 1 aliphatic heterocycles. The van der Waals surface area contributed by atoms with Crippen molar-refractivity contribution < 1.29 is 18.7 Å². The first kappa shape index (κ1) is 16.1. The van der Waals surface area contributed by atoms with Gasteiger partial charge in [-0.25, -0.2) is 9.37 Å². The van der Waals surface area contributed by atoms with Crippen LogP contribution in [0.4, 0.5) is 10.1 Å². The second kappa shape index (κ2) is 7.18. The van der Waals surface area contributed by atoms with Crippen LogP contribution < -0.4 is 5.32 Å². The number of ether oxygens (including phenoxy) is 1. The number of rotatable bonds is 3. The van der Waals surface area contributed by atoms with Crippen molar-refractivity contribution in [1.82, 2.24) is 9.88 Å². The number of halogens is 1. The molecule has 1 fully saturated rings. The van der Waals surface area contributed by atoms with Crippen LogP contribution >= 0.6 is 0 Å². The van der Waals surface area contributed by atoms with E-state index in [1.54, 1.807) is 23.1 Å². The monoisotopic (exact) mass is 329 g/mol. The molecule has 0 aliphatic carbocycles. The van der Waals surface area contributed by atoms with E-state index in [0.29, 0.717) is 32.0 Å². The Labute approximate surface area is 138 Å². The minimum absolute atomic E-state index is 0.0957. The van der Waals surface area contributed by atoms with Crippen LogP contribution in [0.15, 0.2) is 42.5 Å². The number of amides is 2. The van der Waals surface area contributed by atoms with Crippen LogP contribution in [0.1, 0.15) is 21.0 Å². The minimum atomic E-state index is -0.503. The molecule has 1 aromatic carbocycles. The lowest BCUT2D eigenvalue weighted by molar-refractivity contribution is 0.0299. The summed E-state index contributed by atoms with van der Waals surface area (Å²) in [6, 6.07) is 10.2. The molecule has 24 heavy (non-hydrogen) atoms. The average molecular weight is 329 g/mol. The Kier molecular flexibility index (Phi) is 4.81. The predicted octanol–water partition coefficient (Wildman–Crippen LogP) is 1.95. The molecule has 1 aliphatic rings. The van der Waals surface area contributed by atoms with Crippen molar-refractivity contribution in [3.05, 3.63) is 59.7 Å². The van der Waals surface area contributed by atoms with Crippen molar-refractivity contribution in [3.8, 4) is 0 Å². The molecule has 0 spiro atoms. The van der Waals surface area contributed by atoms with Gasteiger partial charge in [0.2, 0.25) is 0 Å². The van der Waals surface area contributed by atoms with Crippen LogP contribution in [0.5, 0.6) is 0 Å². The van der Waals surface area contributed by atoms with Gasteiger partial charge in [0.15, 0.2) is 0 Å². The summed E-state index contributed by atoms with van der Waals surface area (Å²) in [5.41, 5.74) is 0.619. The Balaban J connectivity index is 1.74. The van der Waals surface area contributed by atoms with Crippen LogP contribution in [0.2, 0.25) is 0 Å². The van der Waals surface area contributed by atoms with E-state index in [0.717, 1.165) is 0 Å². The van der Waals surface area contributed by atoms with Gasteiger partial charge < -0.3 is 15.0 Å². The molecule has 3 rings (SSSR count). The molecule has 2 amide bonds. The molecule has 0 unspecified atom stereocenters. The third kappa shape index (κ3) is 3.75. The number of aromatic nitrogens is 1. The summed E-state index contributed by atoms with van der Waals surface area (Å²) < 4.78 is 18.4. The number of hydrogen-bond donors (Lipinski definition) is 1. The van der Waals surface area contributed by atoms with Crippen LogP contribution in [0.25, 0.3) is 0 Å². The predicted molar refractivity (Wildman–Crippen MR) is 85.3 cm³/mol. The second-order valence-corrected chi connectivity index (χ2v) is 5.28. The Bertz CT molecular complexity index is 760. The van der Waals surface area contributed by atoms with Crippen molar-refractivity contribution in [2.24, 2.45) is 0 Å². The van der Waals surface area contributed by atoms with Crippen molar-refractivity contribution in [2.45, 2.75) is 0 Å². The largest absolute Gasteiger partial charge is 0.378 e. The van der Waals surface area contributed by atoms with Crippen molar-refractivity contribution in [2.75, 3.05) is 31.6 Å². The zero-order valence-electron chi connectivity index (χ0n) is 12.9. The van der Waals surface area contributed by atoms with Crippen molar-refractivity contribution in [1.29, 1.82) is 0 Å². The highest BCUT2D eigenvalue weighted by atomic mass is 19.1. The molecule has 0 bridgehead atoms. The van der Waals surface area contributed by atoms with Gasteiger partial charge in [-0.15, -0.1) is 0 Å². The fraction of sp³-hybridized carbons (Fsp3) is 0.235. The first-order valence-electron chi connectivity index (χ1n) is 7.54. The summed E-state index contributed by atoms with van der Waals surface area (Å²) in [5.74, 6) is -1.19. The summed E-state index contributed by atoms with van der Waals surface area (Å²) in [6.07, 6.45) is 0. The topological polar surface area (TPSA) is 71.5 Å². The summed E-state index contributed by atoms with van der Waals surface area (Å²) in [6.45, 7) is 1.98. The highest BCUT2D eigenvalue weighted by Crippen LogP contribution is 2.12. The zero-order valence-corrected chi connectivity index (χ0v) is 12.9. The van der Waals surface area contributed by atoms with Crippen LogP contribution in [-0.4, -0.2) is 48.0 Å². The van der Waals surface area contributed by atoms with Gasteiger partial charge in [-0.1, -0.05) is 12.1 Å². The highest BCUT2D eigenvalue weighted by Gasteiger charge is 2.20. The third-order valence-electron chi connectivity index (χ3n) is 3.58. The molecule has 2 aromatic rings. The molecule has 7 heteroatoms. The van der Waals surface area contributed by atoms with Gasteiger partial charge in [0.1, 0.15) is 17.2 Å². The fourth-order valence-electron chi connectivity index (χ4n) is 2.37. The maximum Gasteiger partial charge on any atom is 0.274 e. The average Bonchev–Trinajstić information content (AvgIpc) is 2.62. The number of hydrogen-bond acceptors (Lipinski definition) is 4. The lowest BCUT2D eigenvalue weighted by atomic mass is 10.2. The summed E-state index contributed by atoms with van der Waals surface area (Å²) in [7, 11) is 0. The lowest BCUT2D eigenvalue weighted by Crippen LogP contribution is -2.41. The number of carbonyl (C=O) groups is 2. The number of pyridine rings is 1. The van der Waals surface area contributed by atoms with Gasteiger partial charge in [-0.2, -0.15) is 0 Å². The highest BCUT2D eigenvalue weighted by molar-refractivity contribution is 6.03. The van der Waals surface area contributed by atoms with Gasteiger partial charge in [0, 0.05) is 18.8 Å². The molecule has 1 N–H and O–H groups in total. The van der Waals surface area contributed by atoms with E-state index in [9.17, 15) is 14.0 Å². The standard InChI is InChI=1S/C17H16FN3O3/c18-12-3-1-4-13(11-12)19-16(22)14-5-2-6-15(20-14)17(23)21-7-9-24-10-8-21/h1-6,11H,7-10H2,(H,19,22). The molecule has 1 saturated heterocycles. The zero-order chi connectivity index (χ0) is 16.9. The summed E-state index contributed by atoms with van der Waals surface area (Å²) >= 11 is 0. The van der Waals surface area contributed by atoms with E-state index in [1.807, 2.05) is 0 Å². The van der Waals surface area contributed by atoms with E-state index >= 15 is 0 Å². The molecule has 124 valence electrons. The summed E-state index contributed by atoms with van der Waals surface area (Å²) in [5, 5.41) is 2.56. The van der Waals surface area contributed by atoms with E-state index in [1.165, 1.54) is 24.3 Å². The van der Waals surface area contributed by atoms with Crippen molar-refractivity contribution >= 4 is 17.5 Å². The quantitative estimate of drug-likeness (QED) is 0.934. The first-order valence-corrected chi connectivity index (χ1v) is 7.54. The number of benzene rings is 1. The lowest BCUT2D eigenvalue weighted by Gasteiger charge is -2.26. The Morgan fingerprint density at radius 2 is 1.79 bits per heavy atom. The normalized spacial score (nSPS) is 14.3. The maximum atomic E-state index is 13.2. The number of nitrogens with one attached hydrogen (secondary N) is 1. The van der Waals surface area contributed by atoms with E-state index in [4.69, 9.17) is 4.74 Å². The molecular formula is C17H16FN3O3. The smallest absolute Gasteiger partial charge is 0.274 e. The number of nitrogens with zero attached hydrogens (tertiary/aromatic N) is 2. The number of anilines is 1. The van der Waals surface area contributed by atoms with E-state index in [-0.39, 0.29) is 17.3 Å². The molecule has 0 saturated carbocycles. The fourth-order valence-corrected chi connectivity index (χ4v) is 2.37. The number of carbonyl (C=O) groups excluding carboxylic acids is 2. The Hall–Kier alpha value is -2.80. The van der Waals surface area contributed by atoms with Gasteiger partial charge in [0.25, 0.3) is 11.8 Å². The first-order chi connectivity index (χ1) is 11.6. The Morgan fingerprint density at radius 1 is 1.08 bits per heavy atom. The summed E-state index contributed by atoms with van der Waals surface area (Å²) in [4.78, 5) is 30.4. The second-order valence-electron chi connectivity index (χ2n) is 5.28. The van der Waals surface area contributed by atoms with Gasteiger partial charge >= 0.3 is 0 Å². The molecule has 6 nitrogen and oxygen atoms in total. The SMILES string of the molecule is O=C(Nc1cccc(F)c1)c1cccc(C(=O)N2CCOCC2)n1. The van der Waals surface area contributed by atoms with E-state index in [2.05, 4.69) is 10.3 Å². The minimum Gasteiger partial charge on any atom is -0.378 e. The molecule has 0 atom stereocenters. The van der Waals surface area contributed by atoms with Crippen LogP contribution in [-0.2, 0) is 4.74 Å².